The highest BCUT2D eigenvalue weighted by Crippen LogP contribution is 2.16. The zero-order valence-electron chi connectivity index (χ0n) is 7.66. The molecule has 0 saturated heterocycles. The summed E-state index contributed by atoms with van der Waals surface area (Å²) in [7, 11) is 0. The van der Waals surface area contributed by atoms with Crippen LogP contribution in [0.25, 0.3) is 0 Å². The van der Waals surface area contributed by atoms with E-state index in [0.29, 0.717) is 10.8 Å². The van der Waals surface area contributed by atoms with Crippen molar-refractivity contribution in [1.82, 2.24) is 5.43 Å². The standard InChI is InChI=1S/C9H11ClN2O2/c1-6(9(13)12-11)14-8-4-2-7(10)3-5-8/h2-6H,11H2,1H3,(H,12,13). The van der Waals surface area contributed by atoms with Crippen LogP contribution in [0.15, 0.2) is 24.3 Å². The van der Waals surface area contributed by atoms with Crippen LogP contribution in [-0.2, 0) is 4.79 Å². The summed E-state index contributed by atoms with van der Waals surface area (Å²) < 4.78 is 5.27. The molecule has 1 atom stereocenters. The first kappa shape index (κ1) is 10.8. The molecule has 0 aliphatic heterocycles. The lowest BCUT2D eigenvalue weighted by Gasteiger charge is -2.12. The summed E-state index contributed by atoms with van der Waals surface area (Å²) in [5, 5.41) is 0.619. The molecule has 14 heavy (non-hydrogen) atoms. The van der Waals surface area contributed by atoms with E-state index < -0.39 is 6.10 Å². The van der Waals surface area contributed by atoms with E-state index >= 15 is 0 Å². The highest BCUT2D eigenvalue weighted by atomic mass is 35.5. The number of nitrogens with one attached hydrogen (secondary N) is 1. The van der Waals surface area contributed by atoms with Crippen LogP contribution >= 0.6 is 11.6 Å². The molecular formula is C9H11ClN2O2. The van der Waals surface area contributed by atoms with Gasteiger partial charge in [-0.05, 0) is 31.2 Å². The first-order valence-corrected chi connectivity index (χ1v) is 4.44. The molecule has 1 aromatic carbocycles. The van der Waals surface area contributed by atoms with Crippen molar-refractivity contribution in [2.75, 3.05) is 0 Å². The van der Waals surface area contributed by atoms with Crippen LogP contribution in [0.5, 0.6) is 5.75 Å². The Kier molecular flexibility index (Phi) is 3.73. The molecule has 0 fully saturated rings. The summed E-state index contributed by atoms with van der Waals surface area (Å²) in [5.41, 5.74) is 2.01. The van der Waals surface area contributed by atoms with Crippen LogP contribution in [0.3, 0.4) is 0 Å². The lowest BCUT2D eigenvalue weighted by Crippen LogP contribution is -2.40. The van der Waals surface area contributed by atoms with Gasteiger partial charge in [0.15, 0.2) is 6.10 Å². The van der Waals surface area contributed by atoms with Gasteiger partial charge in [0.1, 0.15) is 5.75 Å². The van der Waals surface area contributed by atoms with Gasteiger partial charge in [-0.15, -0.1) is 0 Å². The number of carbonyl (C=O) groups excluding carboxylic acids is 1. The maximum Gasteiger partial charge on any atom is 0.274 e. The Morgan fingerprint density at radius 2 is 2.07 bits per heavy atom. The van der Waals surface area contributed by atoms with Crippen molar-refractivity contribution in [3.63, 3.8) is 0 Å². The second kappa shape index (κ2) is 4.83. The van der Waals surface area contributed by atoms with Crippen molar-refractivity contribution in [2.45, 2.75) is 13.0 Å². The summed E-state index contributed by atoms with van der Waals surface area (Å²) in [6.07, 6.45) is -0.624. The monoisotopic (exact) mass is 214 g/mol. The minimum absolute atomic E-state index is 0.375. The predicted molar refractivity (Wildman–Crippen MR) is 53.9 cm³/mol. The second-order valence-electron chi connectivity index (χ2n) is 2.72. The fourth-order valence-electron chi connectivity index (χ4n) is 0.888. The molecule has 0 spiro atoms. The summed E-state index contributed by atoms with van der Waals surface area (Å²) in [4.78, 5) is 11.0. The molecule has 0 saturated carbocycles. The van der Waals surface area contributed by atoms with Gasteiger partial charge in [-0.2, -0.15) is 0 Å². The molecule has 4 nitrogen and oxygen atoms in total. The predicted octanol–water partition coefficient (Wildman–Crippen LogP) is 1.10. The van der Waals surface area contributed by atoms with Gasteiger partial charge >= 0.3 is 0 Å². The van der Waals surface area contributed by atoms with Crippen LogP contribution in [0.2, 0.25) is 5.02 Å². The Balaban J connectivity index is 2.60. The first-order valence-electron chi connectivity index (χ1n) is 4.06. The summed E-state index contributed by atoms with van der Waals surface area (Å²) in [6, 6.07) is 6.74. The van der Waals surface area contributed by atoms with Crippen LogP contribution in [0.4, 0.5) is 0 Å². The number of benzene rings is 1. The largest absolute Gasteiger partial charge is 0.481 e. The topological polar surface area (TPSA) is 64.3 Å². The van der Waals surface area contributed by atoms with E-state index in [1.54, 1.807) is 31.2 Å². The van der Waals surface area contributed by atoms with Gasteiger partial charge in [-0.3, -0.25) is 10.2 Å². The van der Waals surface area contributed by atoms with E-state index in [1.807, 2.05) is 5.43 Å². The van der Waals surface area contributed by atoms with E-state index in [2.05, 4.69) is 0 Å². The second-order valence-corrected chi connectivity index (χ2v) is 3.16. The van der Waals surface area contributed by atoms with Crippen LogP contribution < -0.4 is 16.0 Å². The number of ether oxygens (including phenoxy) is 1. The average molecular weight is 215 g/mol. The maximum atomic E-state index is 11.0. The number of hydrazine groups is 1. The summed E-state index contributed by atoms with van der Waals surface area (Å²) in [5.74, 6) is 5.15. The third-order valence-corrected chi connectivity index (χ3v) is 1.89. The normalized spacial score (nSPS) is 11.9. The molecule has 1 amide bonds. The van der Waals surface area contributed by atoms with Crippen LogP contribution in [0.1, 0.15) is 6.92 Å². The fourth-order valence-corrected chi connectivity index (χ4v) is 1.01. The van der Waals surface area contributed by atoms with Crippen molar-refractivity contribution in [2.24, 2.45) is 5.84 Å². The molecule has 1 aromatic rings. The SMILES string of the molecule is CC(Oc1ccc(Cl)cc1)C(=O)NN. The maximum absolute atomic E-state index is 11.0. The van der Waals surface area contributed by atoms with E-state index in [1.165, 1.54) is 0 Å². The zero-order chi connectivity index (χ0) is 10.6. The van der Waals surface area contributed by atoms with Gasteiger partial charge in [0, 0.05) is 5.02 Å². The molecule has 0 aromatic heterocycles. The minimum atomic E-state index is -0.624. The summed E-state index contributed by atoms with van der Waals surface area (Å²) in [6.45, 7) is 1.61. The molecule has 5 heteroatoms. The zero-order valence-corrected chi connectivity index (χ0v) is 8.41. The summed E-state index contributed by atoms with van der Waals surface area (Å²) >= 11 is 5.68. The van der Waals surface area contributed by atoms with Gasteiger partial charge in [-0.1, -0.05) is 11.6 Å². The molecule has 1 rings (SSSR count). The third kappa shape index (κ3) is 2.90. The van der Waals surface area contributed by atoms with Gasteiger partial charge in [0.05, 0.1) is 0 Å². The number of hydrogen-bond acceptors (Lipinski definition) is 3. The molecule has 0 aliphatic rings. The molecule has 76 valence electrons. The van der Waals surface area contributed by atoms with E-state index in [4.69, 9.17) is 22.2 Å². The number of carbonyl (C=O) groups is 1. The first-order chi connectivity index (χ1) is 6.63. The number of rotatable bonds is 3. The van der Waals surface area contributed by atoms with Gasteiger partial charge in [0.25, 0.3) is 5.91 Å². The molecule has 3 N–H and O–H groups in total. The number of amides is 1. The number of nitrogens with two attached hydrogens (primary N) is 1. The van der Waals surface area contributed by atoms with Crippen molar-refractivity contribution < 1.29 is 9.53 Å². The number of halogens is 1. The molecule has 0 aliphatic carbocycles. The van der Waals surface area contributed by atoms with Gasteiger partial charge < -0.3 is 4.74 Å². The molecule has 0 heterocycles. The Morgan fingerprint density at radius 1 is 1.50 bits per heavy atom. The molecule has 1 unspecified atom stereocenters. The Labute approximate surface area is 87.0 Å². The lowest BCUT2D eigenvalue weighted by molar-refractivity contribution is -0.127. The van der Waals surface area contributed by atoms with Gasteiger partial charge in [0.2, 0.25) is 0 Å². The van der Waals surface area contributed by atoms with Gasteiger partial charge in [-0.25, -0.2) is 5.84 Å². The highest BCUT2D eigenvalue weighted by molar-refractivity contribution is 6.30. The smallest absolute Gasteiger partial charge is 0.274 e. The number of hydrogen-bond donors (Lipinski definition) is 2. The van der Waals surface area contributed by atoms with E-state index in [0.717, 1.165) is 0 Å². The van der Waals surface area contributed by atoms with Crippen LogP contribution in [-0.4, -0.2) is 12.0 Å². The van der Waals surface area contributed by atoms with E-state index in [9.17, 15) is 4.79 Å². The highest BCUT2D eigenvalue weighted by Gasteiger charge is 2.12. The van der Waals surface area contributed by atoms with E-state index in [-0.39, 0.29) is 5.91 Å². The van der Waals surface area contributed by atoms with Crippen molar-refractivity contribution in [3.05, 3.63) is 29.3 Å². The quantitative estimate of drug-likeness (QED) is 0.450. The van der Waals surface area contributed by atoms with Crippen molar-refractivity contribution in [1.29, 1.82) is 0 Å². The Hall–Kier alpha value is -1.26. The minimum Gasteiger partial charge on any atom is -0.481 e. The molecule has 0 radical (unpaired) electrons. The van der Waals surface area contributed by atoms with Crippen LogP contribution in [0, 0.1) is 0 Å². The Morgan fingerprint density at radius 3 is 2.57 bits per heavy atom. The van der Waals surface area contributed by atoms with Crippen molar-refractivity contribution >= 4 is 17.5 Å². The third-order valence-electron chi connectivity index (χ3n) is 1.64. The average Bonchev–Trinajstić information content (AvgIpc) is 2.20. The van der Waals surface area contributed by atoms with Crippen molar-refractivity contribution in [3.8, 4) is 5.75 Å². The molecule has 0 bridgehead atoms. The lowest BCUT2D eigenvalue weighted by atomic mass is 10.3. The Bertz CT molecular complexity index is 313. The molecular weight excluding hydrogens is 204 g/mol. The fraction of sp³-hybridized carbons (Fsp3) is 0.222.